The van der Waals surface area contributed by atoms with Crippen molar-refractivity contribution >= 4 is 43.2 Å². The number of halogens is 3. The van der Waals surface area contributed by atoms with E-state index in [0.717, 1.165) is 15.8 Å². The molecule has 0 bridgehead atoms. The summed E-state index contributed by atoms with van der Waals surface area (Å²) in [6.07, 6.45) is 0.717. The first kappa shape index (κ1) is 14.1. The van der Waals surface area contributed by atoms with Crippen LogP contribution in [0.25, 0.3) is 0 Å². The number of hydrogen-bond donors (Lipinski definition) is 2. The van der Waals surface area contributed by atoms with Crippen molar-refractivity contribution in [2.75, 3.05) is 0 Å². The number of benzene rings is 1. The van der Waals surface area contributed by atoms with Crippen LogP contribution in [0, 0.1) is 5.82 Å². The fourth-order valence-corrected chi connectivity index (χ4v) is 3.78. The van der Waals surface area contributed by atoms with Crippen molar-refractivity contribution in [3.63, 3.8) is 0 Å². The van der Waals surface area contributed by atoms with Crippen LogP contribution in [0.1, 0.15) is 16.5 Å². The standard InChI is InChI=1S/C12H11Br2FN2S/c13-11-5-4-7(18-11)6-10(17-16)8-2-1-3-9(15)12(8)14/h1-5,10,17H,6,16H2. The Morgan fingerprint density at radius 1 is 1.28 bits per heavy atom. The number of nitrogens with one attached hydrogen (secondary N) is 1. The van der Waals surface area contributed by atoms with Crippen LogP contribution >= 0.6 is 43.2 Å². The zero-order valence-corrected chi connectivity index (χ0v) is 13.3. The van der Waals surface area contributed by atoms with Gasteiger partial charge in [0.15, 0.2) is 0 Å². The Labute approximate surface area is 126 Å². The van der Waals surface area contributed by atoms with Crippen molar-refractivity contribution < 1.29 is 4.39 Å². The molecule has 2 rings (SSSR count). The molecule has 96 valence electrons. The van der Waals surface area contributed by atoms with Gasteiger partial charge >= 0.3 is 0 Å². The SMILES string of the molecule is NNC(Cc1ccc(Br)s1)c1cccc(F)c1Br. The van der Waals surface area contributed by atoms with E-state index in [1.165, 1.54) is 10.9 Å². The van der Waals surface area contributed by atoms with E-state index in [1.807, 2.05) is 18.2 Å². The summed E-state index contributed by atoms with van der Waals surface area (Å²) in [5.41, 5.74) is 3.56. The Morgan fingerprint density at radius 2 is 2.06 bits per heavy atom. The Hall–Kier alpha value is -0.270. The summed E-state index contributed by atoms with van der Waals surface area (Å²) in [5.74, 6) is 5.30. The van der Waals surface area contributed by atoms with E-state index < -0.39 is 0 Å². The van der Waals surface area contributed by atoms with E-state index in [4.69, 9.17) is 5.84 Å². The highest BCUT2D eigenvalue weighted by molar-refractivity contribution is 9.11. The van der Waals surface area contributed by atoms with E-state index in [1.54, 1.807) is 17.4 Å². The number of hydrogen-bond acceptors (Lipinski definition) is 3. The molecule has 0 aliphatic heterocycles. The molecule has 0 saturated carbocycles. The molecule has 6 heteroatoms. The zero-order chi connectivity index (χ0) is 13.1. The number of nitrogens with two attached hydrogens (primary N) is 1. The minimum atomic E-state index is -0.278. The van der Waals surface area contributed by atoms with Crippen molar-refractivity contribution in [1.29, 1.82) is 0 Å². The maximum absolute atomic E-state index is 13.5. The summed E-state index contributed by atoms with van der Waals surface area (Å²) in [7, 11) is 0. The summed E-state index contributed by atoms with van der Waals surface area (Å²) in [6, 6.07) is 8.87. The second-order valence-corrected chi connectivity index (χ2v) is 7.11. The van der Waals surface area contributed by atoms with Gasteiger partial charge in [-0.3, -0.25) is 11.3 Å². The van der Waals surface area contributed by atoms with Gasteiger partial charge < -0.3 is 0 Å². The molecule has 1 heterocycles. The largest absolute Gasteiger partial charge is 0.271 e. The molecule has 18 heavy (non-hydrogen) atoms. The third kappa shape index (κ3) is 3.19. The van der Waals surface area contributed by atoms with E-state index >= 15 is 0 Å². The normalized spacial score (nSPS) is 12.7. The predicted octanol–water partition coefficient (Wildman–Crippen LogP) is 4.16. The molecule has 1 aromatic carbocycles. The van der Waals surface area contributed by atoms with Crippen LogP contribution in [0.4, 0.5) is 4.39 Å². The van der Waals surface area contributed by atoms with Gasteiger partial charge in [-0.1, -0.05) is 12.1 Å². The van der Waals surface area contributed by atoms with Crippen LogP contribution in [0.2, 0.25) is 0 Å². The Morgan fingerprint density at radius 3 is 2.67 bits per heavy atom. The molecule has 2 nitrogen and oxygen atoms in total. The Bertz CT molecular complexity index is 545. The summed E-state index contributed by atoms with van der Waals surface area (Å²) in [6.45, 7) is 0. The molecule has 3 N–H and O–H groups in total. The van der Waals surface area contributed by atoms with Crippen LogP contribution in [0.5, 0.6) is 0 Å². The quantitative estimate of drug-likeness (QED) is 0.604. The first-order chi connectivity index (χ1) is 8.61. The van der Waals surface area contributed by atoms with Crippen LogP contribution < -0.4 is 11.3 Å². The maximum atomic E-state index is 13.5. The molecule has 0 aliphatic rings. The predicted molar refractivity (Wildman–Crippen MR) is 79.9 cm³/mol. The van der Waals surface area contributed by atoms with Gasteiger partial charge in [0.1, 0.15) is 5.82 Å². The summed E-state index contributed by atoms with van der Waals surface area (Å²) in [4.78, 5) is 1.18. The fourth-order valence-electron chi connectivity index (χ4n) is 1.71. The number of hydrazine groups is 1. The Kier molecular flexibility index (Phi) is 4.91. The van der Waals surface area contributed by atoms with Gasteiger partial charge in [-0.2, -0.15) is 0 Å². The van der Waals surface area contributed by atoms with Crippen molar-refractivity contribution in [3.05, 3.63) is 54.8 Å². The molecule has 0 saturated heterocycles. The smallest absolute Gasteiger partial charge is 0.137 e. The lowest BCUT2D eigenvalue weighted by atomic mass is 10.0. The van der Waals surface area contributed by atoms with Gasteiger partial charge in [0, 0.05) is 11.3 Å². The molecule has 1 unspecified atom stereocenters. The molecule has 0 spiro atoms. The topological polar surface area (TPSA) is 38.0 Å². The van der Waals surface area contributed by atoms with Crippen molar-refractivity contribution in [1.82, 2.24) is 5.43 Å². The third-order valence-corrected chi connectivity index (χ3v) is 5.07. The van der Waals surface area contributed by atoms with Gasteiger partial charge in [0.25, 0.3) is 0 Å². The fraction of sp³-hybridized carbons (Fsp3) is 0.167. The van der Waals surface area contributed by atoms with Gasteiger partial charge in [-0.15, -0.1) is 11.3 Å². The minimum Gasteiger partial charge on any atom is -0.271 e. The second kappa shape index (κ2) is 6.25. The molecule has 1 aromatic heterocycles. The van der Waals surface area contributed by atoms with E-state index in [-0.39, 0.29) is 11.9 Å². The first-order valence-corrected chi connectivity index (χ1v) is 7.66. The van der Waals surface area contributed by atoms with Crippen molar-refractivity contribution in [2.24, 2.45) is 5.84 Å². The summed E-state index contributed by atoms with van der Waals surface area (Å²) in [5, 5.41) is 0. The monoisotopic (exact) mass is 392 g/mol. The highest BCUT2D eigenvalue weighted by Crippen LogP contribution is 2.30. The molecular formula is C12H11Br2FN2S. The van der Waals surface area contributed by atoms with Crippen LogP contribution in [-0.4, -0.2) is 0 Å². The molecule has 0 radical (unpaired) electrons. The van der Waals surface area contributed by atoms with E-state index in [0.29, 0.717) is 4.47 Å². The molecular weight excluding hydrogens is 383 g/mol. The minimum absolute atomic E-state index is 0.124. The van der Waals surface area contributed by atoms with Crippen LogP contribution in [0.3, 0.4) is 0 Å². The van der Waals surface area contributed by atoms with Crippen molar-refractivity contribution in [2.45, 2.75) is 12.5 Å². The van der Waals surface area contributed by atoms with Gasteiger partial charge in [-0.05, 0) is 55.6 Å². The maximum Gasteiger partial charge on any atom is 0.137 e. The molecule has 1 atom stereocenters. The summed E-state index contributed by atoms with van der Waals surface area (Å²) < 4.78 is 15.0. The summed E-state index contributed by atoms with van der Waals surface area (Å²) >= 11 is 8.34. The van der Waals surface area contributed by atoms with Crippen LogP contribution in [-0.2, 0) is 6.42 Å². The highest BCUT2D eigenvalue weighted by Gasteiger charge is 2.16. The number of thiophene rings is 1. The van der Waals surface area contributed by atoms with Crippen LogP contribution in [0.15, 0.2) is 38.6 Å². The van der Waals surface area contributed by atoms with E-state index in [2.05, 4.69) is 37.3 Å². The van der Waals surface area contributed by atoms with Gasteiger partial charge in [0.05, 0.1) is 14.3 Å². The molecule has 2 aromatic rings. The lowest BCUT2D eigenvalue weighted by Gasteiger charge is -2.17. The molecule has 0 fully saturated rings. The average molecular weight is 394 g/mol. The molecule has 0 amide bonds. The first-order valence-electron chi connectivity index (χ1n) is 5.26. The second-order valence-electron chi connectivity index (χ2n) is 3.77. The number of rotatable bonds is 4. The third-order valence-electron chi connectivity index (χ3n) is 2.59. The highest BCUT2D eigenvalue weighted by atomic mass is 79.9. The average Bonchev–Trinajstić information content (AvgIpc) is 2.76. The Balaban J connectivity index is 2.25. The van der Waals surface area contributed by atoms with Crippen molar-refractivity contribution in [3.8, 4) is 0 Å². The van der Waals surface area contributed by atoms with Gasteiger partial charge in [0.2, 0.25) is 0 Å². The lowest BCUT2D eigenvalue weighted by molar-refractivity contribution is 0.543. The van der Waals surface area contributed by atoms with E-state index in [9.17, 15) is 4.39 Å². The zero-order valence-electron chi connectivity index (χ0n) is 9.29. The van der Waals surface area contributed by atoms with Gasteiger partial charge in [-0.25, -0.2) is 4.39 Å². The lowest BCUT2D eigenvalue weighted by Crippen LogP contribution is -2.29. The molecule has 0 aliphatic carbocycles.